The molecule has 0 bridgehead atoms. The van der Waals surface area contributed by atoms with E-state index in [4.69, 9.17) is 9.72 Å². The Morgan fingerprint density at radius 2 is 1.84 bits per heavy atom. The van der Waals surface area contributed by atoms with Gasteiger partial charge in [-0.3, -0.25) is 9.88 Å². The third-order valence-corrected chi connectivity index (χ3v) is 12.0. The zero-order chi connectivity index (χ0) is 30.9. The number of ether oxygens (including phenoxy) is 1. The maximum absolute atomic E-state index is 16.6. The van der Waals surface area contributed by atoms with Crippen LogP contribution in [0.5, 0.6) is 11.8 Å². The fourth-order valence-corrected chi connectivity index (χ4v) is 9.49. The molecule has 2 atom stereocenters. The van der Waals surface area contributed by atoms with Crippen LogP contribution in [-0.2, 0) is 0 Å². The minimum absolute atomic E-state index is 0.0226. The van der Waals surface area contributed by atoms with Crippen LogP contribution in [0.2, 0.25) is 0 Å². The average molecular weight is 640 g/mol. The van der Waals surface area contributed by atoms with E-state index in [-0.39, 0.29) is 50.7 Å². The van der Waals surface area contributed by atoms with Gasteiger partial charge in [0.15, 0.2) is 17.5 Å². The molecule has 7 nitrogen and oxygen atoms in total. The molecule has 4 aliphatic heterocycles. The van der Waals surface area contributed by atoms with Gasteiger partial charge in [0.1, 0.15) is 35.6 Å². The predicted molar refractivity (Wildman–Crippen MR) is 166 cm³/mol. The summed E-state index contributed by atoms with van der Waals surface area (Å²) >= 11 is 2.04. The van der Waals surface area contributed by atoms with Crippen LogP contribution in [0.25, 0.3) is 32.9 Å². The lowest BCUT2D eigenvalue weighted by molar-refractivity contribution is 0.107. The number of rotatable bonds is 5. The van der Waals surface area contributed by atoms with E-state index >= 15 is 8.78 Å². The number of fused-ring (bicyclic) bond motifs is 3. The minimum atomic E-state index is -1.16. The van der Waals surface area contributed by atoms with Crippen molar-refractivity contribution in [1.82, 2.24) is 19.9 Å². The van der Waals surface area contributed by atoms with Crippen LogP contribution in [0.4, 0.5) is 23.4 Å². The van der Waals surface area contributed by atoms with Gasteiger partial charge in [0, 0.05) is 47.9 Å². The molecule has 1 spiro atoms. The highest BCUT2D eigenvalue weighted by Gasteiger charge is 2.49. The molecule has 12 heteroatoms. The van der Waals surface area contributed by atoms with Crippen molar-refractivity contribution in [2.24, 2.45) is 0 Å². The molecule has 4 fully saturated rings. The highest BCUT2D eigenvalue weighted by atomic mass is 32.2. The molecule has 236 valence electrons. The van der Waals surface area contributed by atoms with Crippen molar-refractivity contribution in [2.45, 2.75) is 61.4 Å². The van der Waals surface area contributed by atoms with Gasteiger partial charge >= 0.3 is 6.01 Å². The van der Waals surface area contributed by atoms with Crippen molar-refractivity contribution in [3.05, 3.63) is 47.9 Å². The first kappa shape index (κ1) is 29.1. The van der Waals surface area contributed by atoms with E-state index in [2.05, 4.69) is 19.8 Å². The fourth-order valence-electron chi connectivity index (χ4n) is 8.01. The Hall–Kier alpha value is -3.38. The van der Waals surface area contributed by atoms with Crippen molar-refractivity contribution < 1.29 is 27.4 Å². The Morgan fingerprint density at radius 1 is 1.00 bits per heavy atom. The molecule has 0 amide bonds. The first-order valence-corrected chi connectivity index (χ1v) is 16.6. The van der Waals surface area contributed by atoms with Crippen molar-refractivity contribution in [1.29, 1.82) is 0 Å². The second-order valence-corrected chi connectivity index (χ2v) is 14.5. The number of piperidine rings is 1. The quantitative estimate of drug-likeness (QED) is 0.240. The van der Waals surface area contributed by atoms with Crippen LogP contribution >= 0.6 is 11.8 Å². The minimum Gasteiger partial charge on any atom is -0.508 e. The summed E-state index contributed by atoms with van der Waals surface area (Å²) in [6.45, 7) is 2.81. The highest BCUT2D eigenvalue weighted by Crippen LogP contribution is 2.47. The summed E-state index contributed by atoms with van der Waals surface area (Å²) in [5.41, 5.74) is -0.888. The van der Waals surface area contributed by atoms with Gasteiger partial charge in [-0.25, -0.2) is 17.6 Å². The van der Waals surface area contributed by atoms with Gasteiger partial charge in [-0.1, -0.05) is 6.07 Å². The average Bonchev–Trinajstić information content (AvgIpc) is 3.72. The lowest BCUT2D eigenvalue weighted by atomic mass is 9.91. The Bertz CT molecular complexity index is 1810. The number of pyridine rings is 1. The van der Waals surface area contributed by atoms with Crippen molar-refractivity contribution >= 4 is 39.3 Å². The monoisotopic (exact) mass is 639 g/mol. The first-order chi connectivity index (χ1) is 21.7. The number of phenolic OH excluding ortho intramolecular Hbond substituents is 1. The second kappa shape index (κ2) is 10.9. The number of aromatic hydroxyl groups is 1. The van der Waals surface area contributed by atoms with E-state index in [0.29, 0.717) is 24.2 Å². The van der Waals surface area contributed by atoms with Crippen LogP contribution in [0.15, 0.2) is 30.5 Å². The lowest BCUT2D eigenvalue weighted by Gasteiger charge is -2.39. The van der Waals surface area contributed by atoms with Crippen LogP contribution < -0.4 is 9.64 Å². The Balaban J connectivity index is 1.23. The van der Waals surface area contributed by atoms with Crippen molar-refractivity contribution in [2.75, 3.05) is 43.4 Å². The fraction of sp³-hybridized carbons (Fsp3) is 0.485. The van der Waals surface area contributed by atoms with Crippen LogP contribution in [0.1, 0.15) is 44.9 Å². The third-order valence-electron chi connectivity index (χ3n) is 10.3. The van der Waals surface area contributed by atoms with Gasteiger partial charge in [0.05, 0.1) is 10.9 Å². The zero-order valence-electron chi connectivity index (χ0n) is 24.7. The molecule has 0 unspecified atom stereocenters. The zero-order valence-corrected chi connectivity index (χ0v) is 25.5. The molecule has 0 radical (unpaired) electrons. The number of hydrogen-bond acceptors (Lipinski definition) is 8. The summed E-state index contributed by atoms with van der Waals surface area (Å²) in [7, 11) is 0. The molecule has 4 saturated heterocycles. The van der Waals surface area contributed by atoms with Gasteiger partial charge in [-0.05, 0) is 74.4 Å². The maximum atomic E-state index is 16.6. The Labute approximate surface area is 262 Å². The first-order valence-electron chi connectivity index (χ1n) is 15.6. The number of nitrogens with zero attached hydrogens (tertiary/aromatic N) is 5. The number of halogens is 4. The molecule has 45 heavy (non-hydrogen) atoms. The molecule has 4 aliphatic rings. The molecule has 2 aromatic carbocycles. The van der Waals surface area contributed by atoms with Gasteiger partial charge in [0.2, 0.25) is 0 Å². The number of anilines is 1. The summed E-state index contributed by atoms with van der Waals surface area (Å²) in [5.74, 6) is -1.69. The number of aromatic nitrogens is 3. The molecule has 0 aliphatic carbocycles. The van der Waals surface area contributed by atoms with E-state index in [1.54, 1.807) is 0 Å². The lowest BCUT2D eigenvalue weighted by Crippen LogP contribution is -2.43. The van der Waals surface area contributed by atoms with E-state index < -0.39 is 29.2 Å². The molecule has 1 N–H and O–H groups in total. The standard InChI is InChI=1S/C33H33F4N5O2S/c34-20-15-32(5-1-9-42(32)17-20)18-44-31-39-29-23(30(40-31)41-10-7-33(8-11-41)6-2-12-45-33)16-38-28(27(29)37)22-14-21(43)13-19-3-4-24(35)26(36)25(19)22/h3-4,13-14,16,20,43H,1-2,5-12,15,17-18H2/t20-,32+/m1/s1. The van der Waals surface area contributed by atoms with E-state index in [1.165, 1.54) is 43.0 Å². The third kappa shape index (κ3) is 4.86. The smallest absolute Gasteiger partial charge is 0.319 e. The molecule has 6 heterocycles. The molecular weight excluding hydrogens is 606 g/mol. The molecule has 0 saturated carbocycles. The van der Waals surface area contributed by atoms with E-state index in [9.17, 15) is 13.9 Å². The number of thioether (sulfide) groups is 1. The molecule has 8 rings (SSSR count). The number of alkyl halides is 1. The summed E-state index contributed by atoms with van der Waals surface area (Å²) < 4.78 is 67.0. The number of benzene rings is 2. The van der Waals surface area contributed by atoms with Crippen LogP contribution in [0, 0.1) is 17.5 Å². The van der Waals surface area contributed by atoms with Gasteiger partial charge < -0.3 is 14.7 Å². The van der Waals surface area contributed by atoms with E-state index in [1.807, 2.05) is 11.8 Å². The summed E-state index contributed by atoms with van der Waals surface area (Å²) in [4.78, 5) is 17.9. The second-order valence-electron chi connectivity index (χ2n) is 13.0. The van der Waals surface area contributed by atoms with Crippen LogP contribution in [-0.4, -0.2) is 80.0 Å². The van der Waals surface area contributed by atoms with Crippen molar-refractivity contribution in [3.63, 3.8) is 0 Å². The van der Waals surface area contributed by atoms with Crippen LogP contribution in [0.3, 0.4) is 0 Å². The molecule has 2 aromatic heterocycles. The molecule has 4 aromatic rings. The predicted octanol–water partition coefficient (Wildman–Crippen LogP) is 6.79. The van der Waals surface area contributed by atoms with Gasteiger partial charge in [-0.15, -0.1) is 0 Å². The Kier molecular flexibility index (Phi) is 7.01. The maximum Gasteiger partial charge on any atom is 0.319 e. The summed E-state index contributed by atoms with van der Waals surface area (Å²) in [6, 6.07) is 4.72. The largest absolute Gasteiger partial charge is 0.508 e. The summed E-state index contributed by atoms with van der Waals surface area (Å²) in [6.07, 6.45) is 7.00. The summed E-state index contributed by atoms with van der Waals surface area (Å²) in [5, 5.41) is 10.8. The topological polar surface area (TPSA) is 74.6 Å². The highest BCUT2D eigenvalue weighted by molar-refractivity contribution is 8.00. The normalized spacial score (nSPS) is 24.7. The molecular formula is C33H33F4N5O2S. The SMILES string of the molecule is Oc1cc(-c2ncc3c(N4CCC5(CCCS5)CC4)nc(OC[C@@]45CCCN4C[C@H](F)C5)nc3c2F)c2c(F)c(F)ccc2c1. The van der Waals surface area contributed by atoms with Gasteiger partial charge in [-0.2, -0.15) is 21.7 Å². The van der Waals surface area contributed by atoms with Crippen molar-refractivity contribution in [3.8, 4) is 23.0 Å². The number of hydrogen-bond donors (Lipinski definition) is 1. The Morgan fingerprint density at radius 3 is 2.64 bits per heavy atom. The van der Waals surface area contributed by atoms with Gasteiger partial charge in [0.25, 0.3) is 0 Å². The van der Waals surface area contributed by atoms with E-state index in [0.717, 1.165) is 51.4 Å². The number of phenols is 1.